The van der Waals surface area contributed by atoms with E-state index in [1.165, 1.54) is 28.4 Å². The highest BCUT2D eigenvalue weighted by molar-refractivity contribution is 7.14. The number of thiophene rings is 1. The van der Waals surface area contributed by atoms with Crippen molar-refractivity contribution >= 4 is 28.2 Å². The fourth-order valence-corrected chi connectivity index (χ4v) is 4.33. The highest BCUT2D eigenvalue weighted by atomic mass is 32.1. The minimum atomic E-state index is -0.635. The third-order valence-corrected chi connectivity index (χ3v) is 6.43. The van der Waals surface area contributed by atoms with Crippen LogP contribution in [0.3, 0.4) is 0 Å². The maximum atomic E-state index is 14.5. The first kappa shape index (κ1) is 20.9. The van der Waals surface area contributed by atoms with Crippen molar-refractivity contribution in [2.75, 3.05) is 24.5 Å². The van der Waals surface area contributed by atoms with Gasteiger partial charge in [0, 0.05) is 25.1 Å². The number of nitrogens with zero attached hydrogens (tertiary/aromatic N) is 3. The van der Waals surface area contributed by atoms with Crippen LogP contribution in [0.5, 0.6) is 0 Å². The Bertz CT molecular complexity index is 1210. The van der Waals surface area contributed by atoms with Crippen molar-refractivity contribution in [2.45, 2.75) is 20.3 Å². The Kier molecular flexibility index (Phi) is 5.69. The predicted molar refractivity (Wildman–Crippen MR) is 116 cm³/mol. The Morgan fingerprint density at radius 3 is 2.71 bits per heavy atom. The number of hydrogen-bond acceptors (Lipinski definition) is 5. The van der Waals surface area contributed by atoms with Gasteiger partial charge in [-0.2, -0.15) is 5.10 Å². The minimum Gasteiger partial charge on any atom is -0.327 e. The van der Waals surface area contributed by atoms with Crippen LogP contribution in [-0.2, 0) is 11.2 Å². The molecule has 0 atom stereocenters. The molecule has 160 valence electrons. The van der Waals surface area contributed by atoms with Crippen molar-refractivity contribution in [3.05, 3.63) is 79.8 Å². The Hall–Kier alpha value is -3.33. The first-order chi connectivity index (χ1) is 14.8. The first-order valence-electron chi connectivity index (χ1n) is 9.81. The lowest BCUT2D eigenvalue weighted by molar-refractivity contribution is -0.120. The monoisotopic (exact) mass is 440 g/mol. The van der Waals surface area contributed by atoms with Crippen LogP contribution in [0.2, 0.25) is 0 Å². The number of piperazine rings is 1. The molecule has 3 aromatic rings. The van der Waals surface area contributed by atoms with Gasteiger partial charge in [-0.15, -0.1) is 11.3 Å². The normalized spacial score (nSPS) is 14.2. The molecule has 1 N–H and O–H groups in total. The van der Waals surface area contributed by atoms with E-state index in [1.807, 2.05) is 17.5 Å². The molecular formula is C22H21FN4O3S. The van der Waals surface area contributed by atoms with Gasteiger partial charge in [0.1, 0.15) is 12.4 Å². The number of carbonyl (C=O) groups excluding carboxylic acids is 2. The minimum absolute atomic E-state index is 0.0753. The van der Waals surface area contributed by atoms with E-state index >= 15 is 0 Å². The van der Waals surface area contributed by atoms with E-state index in [-0.39, 0.29) is 23.6 Å². The summed E-state index contributed by atoms with van der Waals surface area (Å²) >= 11 is 1.46. The number of aromatic nitrogens is 2. The summed E-state index contributed by atoms with van der Waals surface area (Å²) in [4.78, 5) is 40.2. The van der Waals surface area contributed by atoms with E-state index in [1.54, 1.807) is 24.8 Å². The highest BCUT2D eigenvalue weighted by Gasteiger charge is 2.30. The molecule has 0 bridgehead atoms. The second-order valence-corrected chi connectivity index (χ2v) is 8.39. The third kappa shape index (κ3) is 4.13. The number of nitrogens with one attached hydrogen (secondary N) is 1. The molecule has 1 saturated heterocycles. The van der Waals surface area contributed by atoms with E-state index in [0.29, 0.717) is 36.3 Å². The highest BCUT2D eigenvalue weighted by Crippen LogP contribution is 2.24. The maximum Gasteiger partial charge on any atom is 0.267 e. The fraction of sp³-hybridized carbons (Fsp3) is 0.273. The molecule has 0 spiro atoms. The van der Waals surface area contributed by atoms with Crippen molar-refractivity contribution in [1.29, 1.82) is 0 Å². The zero-order valence-electron chi connectivity index (χ0n) is 17.1. The SMILES string of the molecule is Cc1c(Cc2ccc(F)c(C(=O)N3CCN(c4cccs4)C(=O)C3)c2)n[nH]c(=O)c1C. The molecule has 1 aliphatic rings. The van der Waals surface area contributed by atoms with E-state index in [9.17, 15) is 18.8 Å². The van der Waals surface area contributed by atoms with Gasteiger partial charge in [0.2, 0.25) is 5.91 Å². The molecule has 2 amide bonds. The van der Waals surface area contributed by atoms with Crippen LogP contribution in [0, 0.1) is 19.7 Å². The molecule has 7 nitrogen and oxygen atoms in total. The number of carbonyl (C=O) groups is 2. The summed E-state index contributed by atoms with van der Waals surface area (Å²) in [5.41, 5.74) is 2.36. The molecule has 9 heteroatoms. The summed E-state index contributed by atoms with van der Waals surface area (Å²) in [5, 5.41) is 9.27. The van der Waals surface area contributed by atoms with Gasteiger partial charge in [-0.1, -0.05) is 6.07 Å². The Labute approximate surface area is 182 Å². The first-order valence-corrected chi connectivity index (χ1v) is 10.7. The van der Waals surface area contributed by atoms with Gasteiger partial charge < -0.3 is 9.80 Å². The van der Waals surface area contributed by atoms with Crippen LogP contribution in [0.4, 0.5) is 9.39 Å². The number of anilines is 1. The van der Waals surface area contributed by atoms with Gasteiger partial charge in [-0.3, -0.25) is 14.4 Å². The number of hydrogen-bond donors (Lipinski definition) is 1. The average molecular weight is 441 g/mol. The van der Waals surface area contributed by atoms with Gasteiger partial charge in [0.25, 0.3) is 11.5 Å². The number of H-pyrrole nitrogens is 1. The van der Waals surface area contributed by atoms with Crippen LogP contribution in [-0.4, -0.2) is 46.5 Å². The molecule has 3 heterocycles. The molecule has 1 aromatic carbocycles. The molecular weight excluding hydrogens is 419 g/mol. The summed E-state index contributed by atoms with van der Waals surface area (Å²) in [6.07, 6.45) is 0.342. The molecule has 0 radical (unpaired) electrons. The summed E-state index contributed by atoms with van der Waals surface area (Å²) in [6, 6.07) is 8.06. The van der Waals surface area contributed by atoms with Crippen molar-refractivity contribution in [1.82, 2.24) is 15.1 Å². The van der Waals surface area contributed by atoms with E-state index in [4.69, 9.17) is 0 Å². The van der Waals surface area contributed by atoms with Crippen molar-refractivity contribution in [3.63, 3.8) is 0 Å². The van der Waals surface area contributed by atoms with Gasteiger partial charge in [0.05, 0.1) is 16.3 Å². The topological polar surface area (TPSA) is 86.4 Å². The van der Waals surface area contributed by atoms with Crippen molar-refractivity contribution in [3.8, 4) is 0 Å². The van der Waals surface area contributed by atoms with E-state index in [2.05, 4.69) is 10.2 Å². The summed E-state index contributed by atoms with van der Waals surface area (Å²) < 4.78 is 14.5. The molecule has 1 fully saturated rings. The zero-order valence-corrected chi connectivity index (χ0v) is 18.0. The number of aromatic amines is 1. The zero-order chi connectivity index (χ0) is 22.1. The quantitative estimate of drug-likeness (QED) is 0.676. The molecule has 0 unspecified atom stereocenters. The lowest BCUT2D eigenvalue weighted by atomic mass is 10.0. The second kappa shape index (κ2) is 8.43. The standard InChI is InChI=1S/C22H21FN4O3S/c1-13-14(2)21(29)25-24-18(13)11-15-5-6-17(23)16(10-15)22(30)26-7-8-27(19(28)12-26)20-4-3-9-31-20/h3-6,9-10H,7-8,11-12H2,1-2H3,(H,25,29). The van der Waals surface area contributed by atoms with E-state index < -0.39 is 11.7 Å². The molecule has 1 aliphatic heterocycles. The fourth-order valence-electron chi connectivity index (χ4n) is 3.56. The second-order valence-electron chi connectivity index (χ2n) is 7.46. The molecule has 0 aliphatic carbocycles. The maximum absolute atomic E-state index is 14.5. The van der Waals surface area contributed by atoms with Crippen LogP contribution in [0.1, 0.15) is 32.7 Å². The summed E-state index contributed by atoms with van der Waals surface area (Å²) in [6.45, 7) is 4.12. The number of rotatable bonds is 4. The van der Waals surface area contributed by atoms with Crippen LogP contribution >= 0.6 is 11.3 Å². The predicted octanol–water partition coefficient (Wildman–Crippen LogP) is 2.67. The van der Waals surface area contributed by atoms with Gasteiger partial charge >= 0.3 is 0 Å². The largest absolute Gasteiger partial charge is 0.327 e. The van der Waals surface area contributed by atoms with Gasteiger partial charge in [0.15, 0.2) is 0 Å². The van der Waals surface area contributed by atoms with Gasteiger partial charge in [-0.25, -0.2) is 9.49 Å². The van der Waals surface area contributed by atoms with Crippen LogP contribution < -0.4 is 10.5 Å². The third-order valence-electron chi connectivity index (χ3n) is 5.54. The molecule has 0 saturated carbocycles. The number of amides is 2. The van der Waals surface area contributed by atoms with Crippen molar-refractivity contribution < 1.29 is 14.0 Å². The lowest BCUT2D eigenvalue weighted by Crippen LogP contribution is -2.52. The van der Waals surface area contributed by atoms with Crippen LogP contribution in [0.25, 0.3) is 0 Å². The van der Waals surface area contributed by atoms with E-state index in [0.717, 1.165) is 10.6 Å². The Balaban J connectivity index is 1.53. The van der Waals surface area contributed by atoms with Crippen molar-refractivity contribution in [2.24, 2.45) is 0 Å². The Morgan fingerprint density at radius 1 is 1.19 bits per heavy atom. The molecule has 4 rings (SSSR count). The lowest BCUT2D eigenvalue weighted by Gasteiger charge is -2.33. The molecule has 31 heavy (non-hydrogen) atoms. The average Bonchev–Trinajstić information content (AvgIpc) is 3.29. The van der Waals surface area contributed by atoms with Gasteiger partial charge in [-0.05, 0) is 54.6 Å². The van der Waals surface area contributed by atoms with Crippen LogP contribution in [0.15, 0.2) is 40.5 Å². The summed E-state index contributed by atoms with van der Waals surface area (Å²) in [5.74, 6) is -1.34. The smallest absolute Gasteiger partial charge is 0.267 e. The molecule has 2 aromatic heterocycles. The summed E-state index contributed by atoms with van der Waals surface area (Å²) in [7, 11) is 0. The number of benzene rings is 1. The number of halogens is 1. The Morgan fingerprint density at radius 2 is 2.00 bits per heavy atom.